The van der Waals surface area contributed by atoms with Crippen molar-refractivity contribution >= 4 is 29.1 Å². The molecule has 7 nitrogen and oxygen atoms in total. The second-order valence-corrected chi connectivity index (χ2v) is 12.0. The van der Waals surface area contributed by atoms with Gasteiger partial charge in [-0.25, -0.2) is 0 Å². The molecule has 1 heterocycles. The summed E-state index contributed by atoms with van der Waals surface area (Å²) < 4.78 is 5.93. The Labute approximate surface area is 254 Å². The molecule has 2 aliphatic rings. The Hall–Kier alpha value is -3.39. The van der Waals surface area contributed by atoms with Gasteiger partial charge in [0.1, 0.15) is 12.4 Å². The minimum absolute atomic E-state index is 0.0621. The van der Waals surface area contributed by atoms with Crippen molar-refractivity contribution in [2.75, 3.05) is 58.3 Å². The van der Waals surface area contributed by atoms with Crippen LogP contribution in [0.3, 0.4) is 0 Å². The fourth-order valence-corrected chi connectivity index (χ4v) is 5.52. The lowest BCUT2D eigenvalue weighted by molar-refractivity contribution is -0.119. The molecule has 42 heavy (non-hydrogen) atoms. The number of hydrogen-bond donors (Lipinski definition) is 0. The third kappa shape index (κ3) is 8.12. The number of rotatable bonds is 8. The first kappa shape index (κ1) is 30.1. The van der Waals surface area contributed by atoms with Gasteiger partial charge in [0.15, 0.2) is 0 Å². The highest BCUT2D eigenvalue weighted by molar-refractivity contribution is 6.31. The highest BCUT2D eigenvalue weighted by atomic mass is 35.5. The Balaban J connectivity index is 1.45. The molecule has 1 saturated carbocycles. The average molecular weight is 589 g/mol. The number of fused-ring (bicyclic) bond motifs is 1. The van der Waals surface area contributed by atoms with Gasteiger partial charge < -0.3 is 19.4 Å². The second kappa shape index (κ2) is 14.2. The van der Waals surface area contributed by atoms with E-state index in [0.29, 0.717) is 42.6 Å². The Morgan fingerprint density at radius 2 is 1.74 bits per heavy atom. The summed E-state index contributed by atoms with van der Waals surface area (Å²) in [6.45, 7) is 5.21. The molecule has 1 aliphatic heterocycles. The zero-order valence-corrected chi connectivity index (χ0v) is 25.4. The molecule has 0 atom stereocenters. The smallest absolute Gasteiger partial charge is 0.254 e. The summed E-state index contributed by atoms with van der Waals surface area (Å²) in [5.74, 6) is 0.857. The molecule has 0 spiro atoms. The van der Waals surface area contributed by atoms with Crippen molar-refractivity contribution < 1.29 is 14.3 Å². The third-order valence-corrected chi connectivity index (χ3v) is 8.09. The summed E-state index contributed by atoms with van der Waals surface area (Å²) in [4.78, 5) is 35.9. The van der Waals surface area contributed by atoms with Crippen LogP contribution in [0.15, 0.2) is 72.8 Å². The summed E-state index contributed by atoms with van der Waals surface area (Å²) >= 11 is 6.48. The van der Waals surface area contributed by atoms with Crippen LogP contribution in [0, 0.1) is 5.92 Å². The molecule has 0 aromatic heterocycles. The number of hydrogen-bond acceptors (Lipinski definition) is 5. The number of anilines is 1. The van der Waals surface area contributed by atoms with Gasteiger partial charge in [0.05, 0.1) is 5.69 Å². The highest BCUT2D eigenvalue weighted by Crippen LogP contribution is 2.35. The predicted octanol–water partition coefficient (Wildman–Crippen LogP) is 5.57. The normalized spacial score (nSPS) is 16.6. The van der Waals surface area contributed by atoms with E-state index in [1.807, 2.05) is 72.4 Å². The quantitative estimate of drug-likeness (QED) is 0.344. The summed E-state index contributed by atoms with van der Waals surface area (Å²) in [6.07, 6.45) is 2.70. The minimum atomic E-state index is -0.0621. The lowest BCUT2D eigenvalue weighted by Gasteiger charge is -2.28. The van der Waals surface area contributed by atoms with E-state index in [4.69, 9.17) is 16.3 Å². The molecule has 0 unspecified atom stereocenters. The van der Waals surface area contributed by atoms with Crippen LogP contribution in [0.4, 0.5) is 5.69 Å². The van der Waals surface area contributed by atoms with E-state index in [1.54, 1.807) is 0 Å². The second-order valence-electron chi connectivity index (χ2n) is 11.6. The minimum Gasteiger partial charge on any atom is -0.492 e. The molecule has 0 N–H and O–H groups in total. The zero-order valence-electron chi connectivity index (χ0n) is 24.7. The fourth-order valence-electron chi connectivity index (χ4n) is 5.35. The van der Waals surface area contributed by atoms with E-state index in [9.17, 15) is 9.59 Å². The van der Waals surface area contributed by atoms with Crippen LogP contribution in [-0.2, 0) is 17.9 Å². The van der Waals surface area contributed by atoms with Crippen molar-refractivity contribution in [3.05, 3.63) is 94.5 Å². The standard InChI is InChI=1S/C34H41ClN4O3/c1-36(2)20-21-42-31-11-6-10-28(22-31)33(40)38-19-18-37(24-26-8-4-3-5-9-26)16-7-17-39(34(41)27-12-13-27)32-23-30(35)15-14-29(32)25-38/h3-6,8-11,14-15,22-23,27H,7,12-13,16-21,24-25H2,1-2H3. The molecule has 222 valence electrons. The topological polar surface area (TPSA) is 56.3 Å². The lowest BCUT2D eigenvalue weighted by atomic mass is 10.1. The van der Waals surface area contributed by atoms with Crippen LogP contribution >= 0.6 is 11.6 Å². The first-order chi connectivity index (χ1) is 20.4. The average Bonchev–Trinajstić information content (AvgIpc) is 3.83. The number of carbonyl (C=O) groups is 2. The zero-order chi connectivity index (χ0) is 29.5. The van der Waals surface area contributed by atoms with Crippen LogP contribution in [0.1, 0.15) is 40.7 Å². The van der Waals surface area contributed by atoms with Crippen molar-refractivity contribution in [2.45, 2.75) is 32.4 Å². The largest absolute Gasteiger partial charge is 0.492 e. The first-order valence-electron chi connectivity index (χ1n) is 14.9. The van der Waals surface area contributed by atoms with E-state index in [0.717, 1.165) is 56.7 Å². The summed E-state index contributed by atoms with van der Waals surface area (Å²) in [6, 6.07) is 23.5. The number of likely N-dealkylation sites (N-methyl/N-ethyl adjacent to an activating group) is 1. The molecule has 0 radical (unpaired) electrons. The van der Waals surface area contributed by atoms with Crippen LogP contribution in [-0.4, -0.2) is 79.9 Å². The van der Waals surface area contributed by atoms with Gasteiger partial charge >= 0.3 is 0 Å². The van der Waals surface area contributed by atoms with Crippen molar-refractivity contribution in [3.63, 3.8) is 0 Å². The first-order valence-corrected chi connectivity index (χ1v) is 15.3. The molecule has 2 amide bonds. The molecule has 0 saturated heterocycles. The molecular formula is C34H41ClN4O3. The van der Waals surface area contributed by atoms with Crippen molar-refractivity contribution in [3.8, 4) is 5.75 Å². The van der Waals surface area contributed by atoms with E-state index in [-0.39, 0.29) is 17.7 Å². The van der Waals surface area contributed by atoms with Crippen molar-refractivity contribution in [1.29, 1.82) is 0 Å². The SMILES string of the molecule is CN(C)CCOc1cccc(C(=O)N2CCN(Cc3ccccc3)CCCN(C(=O)C3CC3)c3cc(Cl)ccc3C2)c1. The van der Waals surface area contributed by atoms with E-state index in [2.05, 4.69) is 34.1 Å². The maximum absolute atomic E-state index is 14.1. The molecular weight excluding hydrogens is 548 g/mol. The van der Waals surface area contributed by atoms with Gasteiger partial charge in [-0.1, -0.05) is 54.1 Å². The van der Waals surface area contributed by atoms with Crippen LogP contribution in [0.2, 0.25) is 5.02 Å². The highest BCUT2D eigenvalue weighted by Gasteiger charge is 2.35. The summed E-state index contributed by atoms with van der Waals surface area (Å²) in [5.41, 5.74) is 3.56. The fraction of sp³-hybridized carbons (Fsp3) is 0.412. The Morgan fingerprint density at radius 1 is 0.929 bits per heavy atom. The maximum atomic E-state index is 14.1. The molecule has 3 aromatic carbocycles. The predicted molar refractivity (Wildman–Crippen MR) is 168 cm³/mol. The number of halogens is 1. The Morgan fingerprint density at radius 3 is 2.50 bits per heavy atom. The number of ether oxygens (including phenoxy) is 1. The van der Waals surface area contributed by atoms with E-state index in [1.165, 1.54) is 5.56 Å². The maximum Gasteiger partial charge on any atom is 0.254 e. The van der Waals surface area contributed by atoms with Crippen molar-refractivity contribution in [2.24, 2.45) is 5.92 Å². The Bertz CT molecular complexity index is 1360. The van der Waals surface area contributed by atoms with E-state index < -0.39 is 0 Å². The third-order valence-electron chi connectivity index (χ3n) is 7.86. The number of carbonyl (C=O) groups excluding carboxylic acids is 2. The molecule has 8 heteroatoms. The van der Waals surface area contributed by atoms with Gasteiger partial charge in [-0.15, -0.1) is 0 Å². The van der Waals surface area contributed by atoms with Gasteiger partial charge in [0.2, 0.25) is 5.91 Å². The van der Waals surface area contributed by atoms with E-state index >= 15 is 0 Å². The van der Waals surface area contributed by atoms with Crippen LogP contribution in [0.25, 0.3) is 0 Å². The van der Waals surface area contributed by atoms with Crippen LogP contribution < -0.4 is 9.64 Å². The van der Waals surface area contributed by atoms with Crippen molar-refractivity contribution in [1.82, 2.24) is 14.7 Å². The number of benzene rings is 3. The van der Waals surface area contributed by atoms with Crippen LogP contribution in [0.5, 0.6) is 5.75 Å². The monoisotopic (exact) mass is 588 g/mol. The van der Waals surface area contributed by atoms with Gasteiger partial charge in [0.25, 0.3) is 5.91 Å². The molecule has 5 rings (SSSR count). The van der Waals surface area contributed by atoms with Gasteiger partial charge in [-0.3, -0.25) is 14.5 Å². The summed E-state index contributed by atoms with van der Waals surface area (Å²) in [7, 11) is 4.01. The molecule has 1 aliphatic carbocycles. The Kier molecular flexibility index (Phi) is 10.2. The van der Waals surface area contributed by atoms with Gasteiger partial charge in [-0.05, 0) is 74.8 Å². The number of amides is 2. The molecule has 0 bridgehead atoms. The number of nitrogens with zero attached hydrogens (tertiary/aromatic N) is 4. The molecule has 1 fully saturated rings. The van der Waals surface area contributed by atoms with Gasteiger partial charge in [0, 0.05) is 62.3 Å². The summed E-state index contributed by atoms with van der Waals surface area (Å²) in [5, 5.41) is 0.586. The molecule has 3 aromatic rings. The lowest BCUT2D eigenvalue weighted by Crippen LogP contribution is -2.38. The van der Waals surface area contributed by atoms with Gasteiger partial charge in [-0.2, -0.15) is 0 Å².